The zero-order valence-corrected chi connectivity index (χ0v) is 9.72. The molecule has 3 nitrogen and oxygen atoms in total. The molecular formula is C10H11F3O3S. The SMILES string of the molecule is C[C@H](CS(=O)(=O)O)c1ccc(C(F)(F)F)cc1. The predicted octanol–water partition coefficient (Wildman–Crippen LogP) is 2.70. The van der Waals surface area contributed by atoms with Crippen LogP contribution in [0.5, 0.6) is 0 Å². The summed E-state index contributed by atoms with van der Waals surface area (Å²) < 4.78 is 66.6. The van der Waals surface area contributed by atoms with Crippen LogP contribution in [-0.2, 0) is 16.3 Å². The molecule has 0 saturated heterocycles. The smallest absolute Gasteiger partial charge is 0.286 e. The number of hydrogen-bond donors (Lipinski definition) is 1. The van der Waals surface area contributed by atoms with E-state index in [1.807, 2.05) is 0 Å². The molecule has 0 unspecified atom stereocenters. The van der Waals surface area contributed by atoms with Crippen molar-refractivity contribution in [1.29, 1.82) is 0 Å². The van der Waals surface area contributed by atoms with Crippen LogP contribution in [0.4, 0.5) is 13.2 Å². The van der Waals surface area contributed by atoms with Crippen molar-refractivity contribution in [2.24, 2.45) is 0 Å². The molecule has 1 N–H and O–H groups in total. The van der Waals surface area contributed by atoms with Crippen molar-refractivity contribution in [3.63, 3.8) is 0 Å². The van der Waals surface area contributed by atoms with Crippen LogP contribution in [0.15, 0.2) is 24.3 Å². The molecule has 0 aliphatic carbocycles. The molecule has 0 bridgehead atoms. The molecule has 96 valence electrons. The van der Waals surface area contributed by atoms with Gasteiger partial charge in [0.1, 0.15) is 0 Å². The van der Waals surface area contributed by atoms with E-state index in [4.69, 9.17) is 4.55 Å². The third kappa shape index (κ3) is 4.35. The summed E-state index contributed by atoms with van der Waals surface area (Å²) in [5.74, 6) is -1.08. The number of benzene rings is 1. The molecule has 0 radical (unpaired) electrons. The second kappa shape index (κ2) is 4.66. The van der Waals surface area contributed by atoms with E-state index in [2.05, 4.69) is 0 Å². The van der Waals surface area contributed by atoms with E-state index < -0.39 is 33.5 Å². The molecule has 1 aromatic carbocycles. The van der Waals surface area contributed by atoms with Crippen LogP contribution in [-0.4, -0.2) is 18.7 Å². The third-order valence-corrected chi connectivity index (χ3v) is 3.19. The molecule has 0 heterocycles. The predicted molar refractivity (Wildman–Crippen MR) is 56.3 cm³/mol. The molecule has 0 aliphatic rings. The lowest BCUT2D eigenvalue weighted by atomic mass is 10.0. The second-order valence-corrected chi connectivity index (χ2v) is 5.27. The van der Waals surface area contributed by atoms with Crippen molar-refractivity contribution in [2.45, 2.75) is 19.0 Å². The summed E-state index contributed by atoms with van der Waals surface area (Å²) in [6, 6.07) is 4.18. The van der Waals surface area contributed by atoms with Crippen LogP contribution in [0, 0.1) is 0 Å². The molecule has 1 rings (SSSR count). The van der Waals surface area contributed by atoms with E-state index in [-0.39, 0.29) is 0 Å². The number of rotatable bonds is 3. The molecule has 0 amide bonds. The first-order valence-corrected chi connectivity index (χ1v) is 6.33. The Hall–Kier alpha value is -1.08. The van der Waals surface area contributed by atoms with Gasteiger partial charge in [-0.1, -0.05) is 19.1 Å². The Kier molecular flexibility index (Phi) is 3.83. The minimum Gasteiger partial charge on any atom is -0.286 e. The number of alkyl halides is 3. The highest BCUT2D eigenvalue weighted by molar-refractivity contribution is 7.85. The van der Waals surface area contributed by atoms with Gasteiger partial charge in [-0.3, -0.25) is 4.55 Å². The van der Waals surface area contributed by atoms with Gasteiger partial charge in [-0.25, -0.2) is 0 Å². The fourth-order valence-electron chi connectivity index (χ4n) is 1.41. The molecule has 0 saturated carbocycles. The molecule has 1 atom stereocenters. The van der Waals surface area contributed by atoms with Crippen LogP contribution in [0.2, 0.25) is 0 Å². The molecule has 7 heteroatoms. The Bertz CT molecular complexity index is 477. The number of halogens is 3. The zero-order valence-electron chi connectivity index (χ0n) is 8.90. The molecular weight excluding hydrogens is 257 g/mol. The maximum atomic E-state index is 12.3. The monoisotopic (exact) mass is 268 g/mol. The fourth-order valence-corrected chi connectivity index (χ4v) is 2.24. The molecule has 0 aliphatic heterocycles. The van der Waals surface area contributed by atoms with Crippen LogP contribution < -0.4 is 0 Å². The molecule has 0 fully saturated rings. The summed E-state index contributed by atoms with van der Waals surface area (Å²) in [5, 5.41) is 0. The zero-order chi connectivity index (χ0) is 13.3. The van der Waals surface area contributed by atoms with E-state index in [1.165, 1.54) is 19.1 Å². The summed E-state index contributed by atoms with van der Waals surface area (Å²) in [6.07, 6.45) is -4.41. The number of hydrogen-bond acceptors (Lipinski definition) is 2. The van der Waals surface area contributed by atoms with Crippen LogP contribution >= 0.6 is 0 Å². The Labute approximate surface area is 97.0 Å². The van der Waals surface area contributed by atoms with Crippen molar-refractivity contribution in [3.05, 3.63) is 35.4 Å². The summed E-state index contributed by atoms with van der Waals surface area (Å²) in [6.45, 7) is 1.51. The van der Waals surface area contributed by atoms with Crippen molar-refractivity contribution in [2.75, 3.05) is 5.75 Å². The van der Waals surface area contributed by atoms with Gasteiger partial charge in [-0.15, -0.1) is 0 Å². The maximum absolute atomic E-state index is 12.3. The van der Waals surface area contributed by atoms with Gasteiger partial charge in [0.25, 0.3) is 10.1 Å². The largest absolute Gasteiger partial charge is 0.416 e. The van der Waals surface area contributed by atoms with Gasteiger partial charge < -0.3 is 0 Å². The van der Waals surface area contributed by atoms with E-state index >= 15 is 0 Å². The highest BCUT2D eigenvalue weighted by atomic mass is 32.2. The average molecular weight is 268 g/mol. The van der Waals surface area contributed by atoms with Crippen molar-refractivity contribution >= 4 is 10.1 Å². The molecule has 17 heavy (non-hydrogen) atoms. The Morgan fingerprint density at radius 2 is 1.71 bits per heavy atom. The lowest BCUT2D eigenvalue weighted by Gasteiger charge is -2.11. The van der Waals surface area contributed by atoms with Gasteiger partial charge >= 0.3 is 6.18 Å². The van der Waals surface area contributed by atoms with E-state index in [1.54, 1.807) is 0 Å². The molecule has 0 spiro atoms. The first-order valence-electron chi connectivity index (χ1n) is 4.72. The first-order chi connectivity index (χ1) is 7.59. The first kappa shape index (κ1) is 14.0. The van der Waals surface area contributed by atoms with Crippen molar-refractivity contribution in [3.8, 4) is 0 Å². The Balaban J connectivity index is 2.88. The van der Waals surface area contributed by atoms with E-state index in [0.29, 0.717) is 5.56 Å². The molecule has 1 aromatic rings. The quantitative estimate of drug-likeness (QED) is 0.857. The van der Waals surface area contributed by atoms with Gasteiger partial charge in [0.15, 0.2) is 0 Å². The third-order valence-electron chi connectivity index (χ3n) is 2.27. The van der Waals surface area contributed by atoms with Gasteiger partial charge in [0.05, 0.1) is 11.3 Å². The Morgan fingerprint density at radius 3 is 2.06 bits per heavy atom. The normalized spacial score (nSPS) is 14.6. The van der Waals surface area contributed by atoms with E-state index in [0.717, 1.165) is 12.1 Å². The standard InChI is InChI=1S/C10H11F3O3S/c1-7(6-17(14,15)16)8-2-4-9(5-3-8)10(11,12)13/h2-5,7H,6H2,1H3,(H,14,15,16)/t7-/m1/s1. The minimum atomic E-state index is -4.41. The lowest BCUT2D eigenvalue weighted by Crippen LogP contribution is -2.11. The lowest BCUT2D eigenvalue weighted by molar-refractivity contribution is -0.137. The highest BCUT2D eigenvalue weighted by Crippen LogP contribution is 2.30. The van der Waals surface area contributed by atoms with Crippen LogP contribution in [0.3, 0.4) is 0 Å². The molecule has 0 aromatic heterocycles. The van der Waals surface area contributed by atoms with Gasteiger partial charge in [0, 0.05) is 0 Å². The average Bonchev–Trinajstić information content (AvgIpc) is 2.14. The topological polar surface area (TPSA) is 54.4 Å². The van der Waals surface area contributed by atoms with E-state index in [9.17, 15) is 21.6 Å². The highest BCUT2D eigenvalue weighted by Gasteiger charge is 2.30. The second-order valence-electron chi connectivity index (χ2n) is 3.77. The summed E-state index contributed by atoms with van der Waals surface area (Å²) in [4.78, 5) is 0. The van der Waals surface area contributed by atoms with Crippen molar-refractivity contribution < 1.29 is 26.1 Å². The maximum Gasteiger partial charge on any atom is 0.416 e. The minimum absolute atomic E-state index is 0.427. The fraction of sp³-hybridized carbons (Fsp3) is 0.400. The summed E-state index contributed by atoms with van der Waals surface area (Å²) in [5.41, 5.74) is -0.365. The summed E-state index contributed by atoms with van der Waals surface area (Å²) in [7, 11) is -4.13. The van der Waals surface area contributed by atoms with Gasteiger partial charge in [-0.2, -0.15) is 21.6 Å². The van der Waals surface area contributed by atoms with Crippen LogP contribution in [0.1, 0.15) is 24.0 Å². The van der Waals surface area contributed by atoms with Gasteiger partial charge in [-0.05, 0) is 23.6 Å². The van der Waals surface area contributed by atoms with Gasteiger partial charge in [0.2, 0.25) is 0 Å². The van der Waals surface area contributed by atoms with Crippen molar-refractivity contribution in [1.82, 2.24) is 0 Å². The Morgan fingerprint density at radius 1 is 1.24 bits per heavy atom. The van der Waals surface area contributed by atoms with Crippen LogP contribution in [0.25, 0.3) is 0 Å². The summed E-state index contributed by atoms with van der Waals surface area (Å²) >= 11 is 0.